The van der Waals surface area contributed by atoms with Crippen LogP contribution in [0.4, 0.5) is 4.79 Å². The van der Waals surface area contributed by atoms with Gasteiger partial charge in [-0.2, -0.15) is 5.10 Å². The number of carbonyl (C=O) groups excluding carboxylic acids is 1. The van der Waals surface area contributed by atoms with E-state index < -0.39 is 0 Å². The molecule has 0 saturated carbocycles. The highest BCUT2D eigenvalue weighted by Gasteiger charge is 2.11. The largest absolute Gasteiger partial charge is 0.393 e. The Balaban J connectivity index is 1.83. The van der Waals surface area contributed by atoms with Gasteiger partial charge in [-0.25, -0.2) is 9.48 Å². The number of hydrogen-bond donors (Lipinski definition) is 3. The number of nitrogens with one attached hydrogen (secondary N) is 2. The number of nitrogens with zero attached hydrogens (tertiary/aromatic N) is 2. The summed E-state index contributed by atoms with van der Waals surface area (Å²) in [6.07, 6.45) is 3.95. The molecule has 1 aromatic heterocycles. The predicted molar refractivity (Wildman–Crippen MR) is 94.0 cm³/mol. The third-order valence-electron chi connectivity index (χ3n) is 3.86. The zero-order valence-electron chi connectivity index (χ0n) is 14.4. The van der Waals surface area contributed by atoms with Crippen molar-refractivity contribution in [3.63, 3.8) is 0 Å². The number of carbonyl (C=O) groups is 1. The molecular weight excluding hydrogens is 304 g/mol. The first-order valence-corrected chi connectivity index (χ1v) is 8.28. The first kappa shape index (κ1) is 18.0. The molecule has 2 rings (SSSR count). The van der Waals surface area contributed by atoms with Crippen molar-refractivity contribution in [3.05, 3.63) is 48.3 Å². The second kappa shape index (κ2) is 8.49. The lowest BCUT2D eigenvalue weighted by atomic mass is 10.1. The lowest BCUT2D eigenvalue weighted by Gasteiger charge is -2.18. The molecule has 0 radical (unpaired) electrons. The molecule has 24 heavy (non-hydrogen) atoms. The quantitative estimate of drug-likeness (QED) is 0.730. The van der Waals surface area contributed by atoms with E-state index in [2.05, 4.69) is 15.7 Å². The van der Waals surface area contributed by atoms with Crippen molar-refractivity contribution in [2.75, 3.05) is 6.54 Å². The van der Waals surface area contributed by atoms with Gasteiger partial charge in [0.2, 0.25) is 0 Å². The monoisotopic (exact) mass is 330 g/mol. The zero-order chi connectivity index (χ0) is 17.5. The Kier molecular flexibility index (Phi) is 6.37. The highest BCUT2D eigenvalue weighted by molar-refractivity contribution is 5.74. The fourth-order valence-electron chi connectivity index (χ4n) is 2.60. The van der Waals surface area contributed by atoms with Crippen LogP contribution in [0.25, 0.3) is 5.69 Å². The number of benzene rings is 1. The van der Waals surface area contributed by atoms with E-state index in [1.54, 1.807) is 17.8 Å². The van der Waals surface area contributed by atoms with Crippen LogP contribution in [0.15, 0.2) is 42.7 Å². The van der Waals surface area contributed by atoms with Gasteiger partial charge in [0.25, 0.3) is 0 Å². The summed E-state index contributed by atoms with van der Waals surface area (Å²) in [5, 5.41) is 19.3. The number of aliphatic hydroxyl groups is 1. The molecule has 0 saturated heterocycles. The topological polar surface area (TPSA) is 79.2 Å². The van der Waals surface area contributed by atoms with Gasteiger partial charge in [0.15, 0.2) is 0 Å². The van der Waals surface area contributed by atoms with Crippen LogP contribution >= 0.6 is 0 Å². The maximum atomic E-state index is 12.0. The summed E-state index contributed by atoms with van der Waals surface area (Å²) in [6.45, 7) is 6.25. The van der Waals surface area contributed by atoms with E-state index in [1.165, 1.54) is 0 Å². The molecule has 0 bridgehead atoms. The summed E-state index contributed by atoms with van der Waals surface area (Å²) < 4.78 is 1.79. The fraction of sp³-hybridized carbons (Fsp3) is 0.444. The second-order valence-electron chi connectivity index (χ2n) is 6.31. The van der Waals surface area contributed by atoms with Gasteiger partial charge in [-0.15, -0.1) is 0 Å². The van der Waals surface area contributed by atoms with Crippen LogP contribution in [0.2, 0.25) is 0 Å². The summed E-state index contributed by atoms with van der Waals surface area (Å²) in [7, 11) is 0. The van der Waals surface area contributed by atoms with Crippen LogP contribution in [-0.4, -0.2) is 33.6 Å². The maximum Gasteiger partial charge on any atom is 0.315 e. The van der Waals surface area contributed by atoms with Crippen LogP contribution < -0.4 is 10.6 Å². The number of hydrogen-bond acceptors (Lipinski definition) is 3. The van der Waals surface area contributed by atoms with Gasteiger partial charge in [0, 0.05) is 18.9 Å². The lowest BCUT2D eigenvalue weighted by Crippen LogP contribution is -2.39. The standard InChI is InChI=1S/C18H26N4O2/c1-13(11-14(2)23)12-19-18(24)21-15(3)16-5-7-17(8-6-16)22-10-4-9-20-22/h4-10,13-15,23H,11-12H2,1-3H3,(H2,19,21,24). The van der Waals surface area contributed by atoms with E-state index >= 15 is 0 Å². The highest BCUT2D eigenvalue weighted by atomic mass is 16.3. The van der Waals surface area contributed by atoms with Gasteiger partial charge in [-0.1, -0.05) is 19.1 Å². The maximum absolute atomic E-state index is 12.0. The molecule has 6 nitrogen and oxygen atoms in total. The summed E-state index contributed by atoms with van der Waals surface area (Å²) in [5.74, 6) is 0.236. The zero-order valence-corrected chi connectivity index (χ0v) is 14.4. The minimum absolute atomic E-state index is 0.0938. The first-order valence-electron chi connectivity index (χ1n) is 8.28. The number of amides is 2. The average Bonchev–Trinajstić information content (AvgIpc) is 3.07. The molecule has 6 heteroatoms. The molecular formula is C18H26N4O2. The van der Waals surface area contributed by atoms with E-state index in [4.69, 9.17) is 0 Å². The summed E-state index contributed by atoms with van der Waals surface area (Å²) in [6, 6.07) is 9.50. The highest BCUT2D eigenvalue weighted by Crippen LogP contribution is 2.15. The minimum Gasteiger partial charge on any atom is -0.393 e. The Bertz CT molecular complexity index is 623. The molecule has 2 aromatic rings. The molecule has 0 spiro atoms. The molecule has 1 heterocycles. The number of urea groups is 1. The van der Waals surface area contributed by atoms with Crippen LogP contribution in [0.1, 0.15) is 38.8 Å². The molecule has 2 amide bonds. The SMILES string of the molecule is CC(O)CC(C)CNC(=O)NC(C)c1ccc(-n2cccn2)cc1. The smallest absolute Gasteiger partial charge is 0.315 e. The van der Waals surface area contributed by atoms with Crippen LogP contribution in [-0.2, 0) is 0 Å². The molecule has 3 N–H and O–H groups in total. The van der Waals surface area contributed by atoms with Crippen molar-refractivity contribution >= 4 is 6.03 Å². The molecule has 1 aromatic carbocycles. The molecule has 3 atom stereocenters. The van der Waals surface area contributed by atoms with Crippen molar-refractivity contribution in [1.29, 1.82) is 0 Å². The van der Waals surface area contributed by atoms with Gasteiger partial charge in [0.1, 0.15) is 0 Å². The number of aliphatic hydroxyl groups excluding tert-OH is 1. The van der Waals surface area contributed by atoms with E-state index in [-0.39, 0.29) is 24.1 Å². The van der Waals surface area contributed by atoms with Gasteiger partial charge < -0.3 is 15.7 Å². The van der Waals surface area contributed by atoms with Crippen LogP contribution in [0.5, 0.6) is 0 Å². The molecule has 0 aliphatic carbocycles. The normalized spacial score (nSPS) is 14.7. The van der Waals surface area contributed by atoms with Crippen molar-refractivity contribution in [2.45, 2.75) is 39.3 Å². The van der Waals surface area contributed by atoms with Crippen LogP contribution in [0, 0.1) is 5.92 Å². The second-order valence-corrected chi connectivity index (χ2v) is 6.31. The third-order valence-corrected chi connectivity index (χ3v) is 3.86. The van der Waals surface area contributed by atoms with Crippen molar-refractivity contribution < 1.29 is 9.90 Å². The van der Waals surface area contributed by atoms with Crippen molar-refractivity contribution in [2.24, 2.45) is 5.92 Å². The van der Waals surface area contributed by atoms with Gasteiger partial charge in [0.05, 0.1) is 17.8 Å². The Morgan fingerprint density at radius 2 is 1.96 bits per heavy atom. The first-order chi connectivity index (χ1) is 11.5. The third kappa shape index (κ3) is 5.38. The van der Waals surface area contributed by atoms with Crippen LogP contribution in [0.3, 0.4) is 0 Å². The number of aromatic nitrogens is 2. The van der Waals surface area contributed by atoms with Gasteiger partial charge in [-0.3, -0.25) is 0 Å². The Labute approximate surface area is 142 Å². The molecule has 0 fully saturated rings. The van der Waals surface area contributed by atoms with Gasteiger partial charge >= 0.3 is 6.03 Å². The average molecular weight is 330 g/mol. The lowest BCUT2D eigenvalue weighted by molar-refractivity contribution is 0.163. The molecule has 0 aliphatic heterocycles. The van der Waals surface area contributed by atoms with Crippen molar-refractivity contribution in [3.8, 4) is 5.69 Å². The van der Waals surface area contributed by atoms with Gasteiger partial charge in [-0.05, 0) is 49.9 Å². The molecule has 3 unspecified atom stereocenters. The minimum atomic E-state index is -0.350. The Morgan fingerprint density at radius 3 is 2.54 bits per heavy atom. The van der Waals surface area contributed by atoms with E-state index in [1.807, 2.05) is 50.4 Å². The van der Waals surface area contributed by atoms with E-state index in [0.717, 1.165) is 11.3 Å². The summed E-state index contributed by atoms with van der Waals surface area (Å²) in [4.78, 5) is 12.0. The number of rotatable bonds is 7. The molecule has 0 aliphatic rings. The predicted octanol–water partition coefficient (Wildman–Crippen LogP) is 2.64. The summed E-state index contributed by atoms with van der Waals surface area (Å²) in [5.41, 5.74) is 2.01. The van der Waals surface area contributed by atoms with E-state index in [9.17, 15) is 9.90 Å². The van der Waals surface area contributed by atoms with E-state index in [0.29, 0.717) is 13.0 Å². The Hall–Kier alpha value is -2.34. The summed E-state index contributed by atoms with van der Waals surface area (Å²) >= 11 is 0. The Morgan fingerprint density at radius 1 is 1.25 bits per heavy atom. The molecule has 130 valence electrons. The van der Waals surface area contributed by atoms with Crippen molar-refractivity contribution in [1.82, 2.24) is 20.4 Å². The fourth-order valence-corrected chi connectivity index (χ4v) is 2.60.